The van der Waals surface area contributed by atoms with Gasteiger partial charge in [-0.2, -0.15) is 0 Å². The van der Waals surface area contributed by atoms with Crippen LogP contribution in [0, 0.1) is 5.41 Å². The van der Waals surface area contributed by atoms with Crippen LogP contribution in [0.15, 0.2) is 4.99 Å². The summed E-state index contributed by atoms with van der Waals surface area (Å²) in [5, 5.41) is 2.22. The maximum absolute atomic E-state index is 11.4. The first kappa shape index (κ1) is 12.3. The first-order chi connectivity index (χ1) is 5.93. The molecular weight excluding hydrogens is 186 g/mol. The van der Waals surface area contributed by atoms with E-state index in [4.69, 9.17) is 4.74 Å². The van der Waals surface area contributed by atoms with Crippen molar-refractivity contribution in [2.24, 2.45) is 10.4 Å². The number of thiocarbonyl (C=S) groups is 1. The molecule has 0 fully saturated rings. The molecule has 0 N–H and O–H groups in total. The Morgan fingerprint density at radius 1 is 1.62 bits per heavy atom. The third-order valence-corrected chi connectivity index (χ3v) is 1.62. The Morgan fingerprint density at radius 3 is 2.46 bits per heavy atom. The first-order valence-corrected chi connectivity index (χ1v) is 4.58. The first-order valence-electron chi connectivity index (χ1n) is 4.17. The van der Waals surface area contributed by atoms with E-state index in [1.54, 1.807) is 6.92 Å². The van der Waals surface area contributed by atoms with Crippen molar-refractivity contribution in [2.45, 2.75) is 33.7 Å². The molecule has 0 spiro atoms. The molecule has 13 heavy (non-hydrogen) atoms. The molecule has 74 valence electrons. The second-order valence-electron chi connectivity index (χ2n) is 3.74. The highest BCUT2D eigenvalue weighted by Gasteiger charge is 2.31. The van der Waals surface area contributed by atoms with Crippen molar-refractivity contribution >= 4 is 23.3 Å². The Bertz CT molecular complexity index is 226. The van der Waals surface area contributed by atoms with E-state index in [2.05, 4.69) is 22.4 Å². The predicted octanol–water partition coefficient (Wildman–Crippen LogP) is 2.07. The van der Waals surface area contributed by atoms with E-state index in [0.29, 0.717) is 6.61 Å². The van der Waals surface area contributed by atoms with E-state index in [-0.39, 0.29) is 11.4 Å². The highest BCUT2D eigenvalue weighted by molar-refractivity contribution is 7.78. The average Bonchev–Trinajstić information content (AvgIpc) is 1.98. The highest BCUT2D eigenvalue weighted by atomic mass is 32.1. The van der Waals surface area contributed by atoms with Gasteiger partial charge in [0, 0.05) is 0 Å². The lowest BCUT2D eigenvalue weighted by molar-refractivity contribution is -0.147. The standard InChI is InChI=1S/C9H15NO2S/c1-5-12-8(11)7(10-6-13)9(2,3)4/h7H,5H2,1-4H3/t7-/m1/s1. The van der Waals surface area contributed by atoms with Gasteiger partial charge in [0.25, 0.3) is 0 Å². The third kappa shape index (κ3) is 4.15. The molecule has 0 aromatic rings. The Kier molecular flexibility index (Phi) is 4.81. The van der Waals surface area contributed by atoms with Gasteiger partial charge in [0.2, 0.25) is 0 Å². The zero-order chi connectivity index (χ0) is 10.5. The van der Waals surface area contributed by atoms with Crippen LogP contribution in [0.2, 0.25) is 0 Å². The lowest BCUT2D eigenvalue weighted by Gasteiger charge is -2.23. The summed E-state index contributed by atoms with van der Waals surface area (Å²) in [5.74, 6) is -0.340. The minimum absolute atomic E-state index is 0.280. The number of isothiocyanates is 1. The second kappa shape index (κ2) is 5.10. The largest absolute Gasteiger partial charge is 0.464 e. The van der Waals surface area contributed by atoms with Crippen LogP contribution in [-0.4, -0.2) is 23.8 Å². The summed E-state index contributed by atoms with van der Waals surface area (Å²) in [5.41, 5.74) is -0.280. The normalized spacial score (nSPS) is 12.9. The molecule has 0 aromatic carbocycles. The van der Waals surface area contributed by atoms with E-state index in [0.717, 1.165) is 0 Å². The minimum atomic E-state index is -0.551. The fraction of sp³-hybridized carbons (Fsp3) is 0.778. The summed E-state index contributed by atoms with van der Waals surface area (Å²) in [6.07, 6.45) is 0. The van der Waals surface area contributed by atoms with Crippen LogP contribution in [-0.2, 0) is 9.53 Å². The molecule has 0 saturated heterocycles. The topological polar surface area (TPSA) is 38.7 Å². The van der Waals surface area contributed by atoms with Crippen molar-refractivity contribution in [3.63, 3.8) is 0 Å². The number of carbonyl (C=O) groups excluding carboxylic acids is 1. The molecule has 0 aromatic heterocycles. The van der Waals surface area contributed by atoms with Crippen LogP contribution in [0.25, 0.3) is 0 Å². The maximum Gasteiger partial charge on any atom is 0.332 e. The third-order valence-electron chi connectivity index (χ3n) is 1.51. The molecule has 4 heteroatoms. The molecule has 1 atom stereocenters. The van der Waals surface area contributed by atoms with Gasteiger partial charge in [0.05, 0.1) is 11.8 Å². The van der Waals surface area contributed by atoms with Gasteiger partial charge in [-0.25, -0.2) is 9.79 Å². The van der Waals surface area contributed by atoms with E-state index in [9.17, 15) is 4.79 Å². The lowest BCUT2D eigenvalue weighted by Crippen LogP contribution is -2.34. The number of carbonyl (C=O) groups is 1. The SMILES string of the molecule is CCOC(=O)[C@@H](N=C=S)C(C)(C)C. The van der Waals surface area contributed by atoms with Gasteiger partial charge in [0.15, 0.2) is 6.04 Å². The van der Waals surface area contributed by atoms with Crippen molar-refractivity contribution in [1.82, 2.24) is 0 Å². The molecule has 0 aliphatic heterocycles. The molecule has 0 aliphatic carbocycles. The fourth-order valence-corrected chi connectivity index (χ4v) is 0.979. The fourth-order valence-electron chi connectivity index (χ4n) is 0.874. The van der Waals surface area contributed by atoms with Crippen molar-refractivity contribution in [2.75, 3.05) is 6.61 Å². The van der Waals surface area contributed by atoms with Crippen LogP contribution in [0.5, 0.6) is 0 Å². The number of nitrogens with zero attached hydrogens (tertiary/aromatic N) is 1. The van der Waals surface area contributed by atoms with E-state index in [1.165, 1.54) is 0 Å². The van der Waals surface area contributed by atoms with Crippen LogP contribution >= 0.6 is 12.2 Å². The van der Waals surface area contributed by atoms with Crippen LogP contribution in [0.1, 0.15) is 27.7 Å². The zero-order valence-electron chi connectivity index (χ0n) is 8.46. The number of esters is 1. The maximum atomic E-state index is 11.4. The Hall–Kier alpha value is -0.730. The van der Waals surface area contributed by atoms with Crippen molar-refractivity contribution in [3.05, 3.63) is 0 Å². The van der Waals surface area contributed by atoms with Crippen molar-refractivity contribution < 1.29 is 9.53 Å². The summed E-state index contributed by atoms with van der Waals surface area (Å²) < 4.78 is 4.86. The Balaban J connectivity index is 4.61. The van der Waals surface area contributed by atoms with Gasteiger partial charge >= 0.3 is 5.97 Å². The molecule has 0 aliphatic rings. The molecule has 0 saturated carbocycles. The summed E-state index contributed by atoms with van der Waals surface area (Å²) in [6.45, 7) is 7.84. The second-order valence-corrected chi connectivity index (χ2v) is 3.92. The number of rotatable bonds is 3. The van der Waals surface area contributed by atoms with E-state index in [1.807, 2.05) is 20.8 Å². The minimum Gasteiger partial charge on any atom is -0.464 e. The predicted molar refractivity (Wildman–Crippen MR) is 54.9 cm³/mol. The molecule has 0 bridgehead atoms. The molecule has 0 unspecified atom stereocenters. The number of ether oxygens (including phenoxy) is 1. The summed E-state index contributed by atoms with van der Waals surface area (Å²) in [7, 11) is 0. The van der Waals surface area contributed by atoms with E-state index < -0.39 is 6.04 Å². The molecule has 0 heterocycles. The molecule has 0 rings (SSSR count). The van der Waals surface area contributed by atoms with Gasteiger partial charge in [-0.1, -0.05) is 20.8 Å². The van der Waals surface area contributed by atoms with Crippen molar-refractivity contribution in [3.8, 4) is 0 Å². The van der Waals surface area contributed by atoms with Crippen LogP contribution < -0.4 is 0 Å². The quantitative estimate of drug-likeness (QED) is 0.398. The van der Waals surface area contributed by atoms with Crippen LogP contribution in [0.4, 0.5) is 0 Å². The highest BCUT2D eigenvalue weighted by Crippen LogP contribution is 2.23. The zero-order valence-corrected chi connectivity index (χ0v) is 9.27. The molecule has 3 nitrogen and oxygen atoms in total. The number of hydrogen-bond acceptors (Lipinski definition) is 4. The summed E-state index contributed by atoms with van der Waals surface area (Å²) in [6, 6.07) is -0.551. The number of aliphatic imine (C=N–C) groups is 1. The number of hydrogen-bond donors (Lipinski definition) is 0. The molecule has 0 amide bonds. The van der Waals surface area contributed by atoms with Gasteiger partial charge in [-0.15, -0.1) is 0 Å². The van der Waals surface area contributed by atoms with E-state index >= 15 is 0 Å². The summed E-state index contributed by atoms with van der Waals surface area (Å²) in [4.78, 5) is 15.2. The van der Waals surface area contributed by atoms with Gasteiger partial charge in [-0.05, 0) is 24.6 Å². The smallest absolute Gasteiger partial charge is 0.332 e. The van der Waals surface area contributed by atoms with Gasteiger partial charge < -0.3 is 4.74 Å². The lowest BCUT2D eigenvalue weighted by atomic mass is 9.87. The van der Waals surface area contributed by atoms with Crippen molar-refractivity contribution in [1.29, 1.82) is 0 Å². The Morgan fingerprint density at radius 2 is 2.15 bits per heavy atom. The molecular formula is C9H15NO2S. The Labute approximate surface area is 84.2 Å². The van der Waals surface area contributed by atoms with Gasteiger partial charge in [-0.3, -0.25) is 0 Å². The average molecular weight is 201 g/mol. The van der Waals surface area contributed by atoms with Crippen LogP contribution in [0.3, 0.4) is 0 Å². The monoisotopic (exact) mass is 201 g/mol. The van der Waals surface area contributed by atoms with Gasteiger partial charge in [0.1, 0.15) is 0 Å². The molecule has 0 radical (unpaired) electrons. The summed E-state index contributed by atoms with van der Waals surface area (Å²) >= 11 is 4.48.